The highest BCUT2D eigenvalue weighted by atomic mass is 35.5. The van der Waals surface area contributed by atoms with E-state index in [1.807, 2.05) is 0 Å². The summed E-state index contributed by atoms with van der Waals surface area (Å²) in [4.78, 5) is 0. The third-order valence-corrected chi connectivity index (χ3v) is 3.30. The summed E-state index contributed by atoms with van der Waals surface area (Å²) in [5.41, 5.74) is 0.529. The molecule has 1 aliphatic carbocycles. The van der Waals surface area contributed by atoms with Gasteiger partial charge in [0.2, 0.25) is 0 Å². The van der Waals surface area contributed by atoms with Gasteiger partial charge in [0.15, 0.2) is 5.82 Å². The minimum absolute atomic E-state index is 0.186. The molecule has 2 atom stereocenters. The van der Waals surface area contributed by atoms with Gasteiger partial charge in [-0.3, -0.25) is 0 Å². The summed E-state index contributed by atoms with van der Waals surface area (Å²) >= 11 is 5.71. The fourth-order valence-electron chi connectivity index (χ4n) is 2.17. The molecule has 0 bridgehead atoms. The van der Waals surface area contributed by atoms with Gasteiger partial charge in [-0.15, -0.1) is 0 Å². The number of nitrogens with one attached hydrogen (secondary N) is 1. The molecule has 0 aliphatic heterocycles. The zero-order chi connectivity index (χ0) is 10.8. The Morgan fingerprint density at radius 3 is 2.87 bits per heavy atom. The van der Waals surface area contributed by atoms with Crippen molar-refractivity contribution in [2.75, 3.05) is 5.32 Å². The van der Waals surface area contributed by atoms with Crippen molar-refractivity contribution >= 4 is 17.3 Å². The van der Waals surface area contributed by atoms with E-state index in [0.717, 1.165) is 18.8 Å². The van der Waals surface area contributed by atoms with Gasteiger partial charge in [0.25, 0.3) is 0 Å². The predicted octanol–water partition coefficient (Wildman–Crippen LogP) is 4.08. The van der Waals surface area contributed by atoms with Gasteiger partial charge in [0, 0.05) is 6.04 Å². The quantitative estimate of drug-likeness (QED) is 0.803. The first-order chi connectivity index (χ1) is 7.16. The van der Waals surface area contributed by atoms with E-state index in [1.165, 1.54) is 6.42 Å². The molecule has 0 radical (unpaired) electrons. The van der Waals surface area contributed by atoms with Crippen molar-refractivity contribution in [3.05, 3.63) is 29.0 Å². The summed E-state index contributed by atoms with van der Waals surface area (Å²) < 4.78 is 13.6. The second-order valence-corrected chi connectivity index (χ2v) is 4.77. The first-order valence-corrected chi connectivity index (χ1v) is 5.75. The molecule has 1 saturated carbocycles. The van der Waals surface area contributed by atoms with Crippen molar-refractivity contribution in [1.82, 2.24) is 0 Å². The van der Waals surface area contributed by atoms with Crippen LogP contribution in [0.2, 0.25) is 5.02 Å². The molecule has 2 rings (SSSR count). The molecule has 1 nitrogen and oxygen atoms in total. The Balaban J connectivity index is 2.07. The van der Waals surface area contributed by atoms with Crippen LogP contribution >= 0.6 is 11.6 Å². The van der Waals surface area contributed by atoms with Crippen LogP contribution in [0.5, 0.6) is 0 Å². The van der Waals surface area contributed by atoms with Gasteiger partial charge in [-0.1, -0.05) is 24.6 Å². The molecule has 0 spiro atoms. The highest BCUT2D eigenvalue weighted by molar-refractivity contribution is 6.31. The van der Waals surface area contributed by atoms with Gasteiger partial charge in [-0.05, 0) is 37.3 Å². The van der Waals surface area contributed by atoms with Crippen molar-refractivity contribution < 1.29 is 4.39 Å². The molecule has 0 heterocycles. The number of hydrogen-bond acceptors (Lipinski definition) is 1. The molecular weight excluding hydrogens is 213 g/mol. The third kappa shape index (κ3) is 2.43. The van der Waals surface area contributed by atoms with Crippen LogP contribution in [0.1, 0.15) is 26.2 Å². The highest BCUT2D eigenvalue weighted by Gasteiger charge is 2.21. The maximum Gasteiger partial charge on any atom is 0.164 e. The Hall–Kier alpha value is -0.760. The Kier molecular flexibility index (Phi) is 3.15. The van der Waals surface area contributed by atoms with Gasteiger partial charge in [-0.2, -0.15) is 0 Å². The van der Waals surface area contributed by atoms with Gasteiger partial charge < -0.3 is 5.32 Å². The predicted molar refractivity (Wildman–Crippen MR) is 61.8 cm³/mol. The van der Waals surface area contributed by atoms with E-state index in [1.54, 1.807) is 18.2 Å². The number of halogens is 2. The molecule has 1 aromatic carbocycles. The largest absolute Gasteiger partial charge is 0.380 e. The van der Waals surface area contributed by atoms with Crippen LogP contribution in [0.25, 0.3) is 0 Å². The van der Waals surface area contributed by atoms with Crippen LogP contribution in [-0.2, 0) is 0 Å². The van der Waals surface area contributed by atoms with Gasteiger partial charge in [0.1, 0.15) is 0 Å². The number of anilines is 1. The molecule has 0 saturated heterocycles. The van der Waals surface area contributed by atoms with Crippen LogP contribution in [0, 0.1) is 11.7 Å². The number of rotatable bonds is 2. The maximum atomic E-state index is 13.6. The van der Waals surface area contributed by atoms with Crippen LogP contribution in [0.4, 0.5) is 10.1 Å². The molecular formula is C12H15ClFN. The lowest BCUT2D eigenvalue weighted by atomic mass is 10.1. The Morgan fingerprint density at radius 2 is 2.20 bits per heavy atom. The van der Waals surface area contributed by atoms with Crippen LogP contribution < -0.4 is 5.32 Å². The second-order valence-electron chi connectivity index (χ2n) is 4.36. The van der Waals surface area contributed by atoms with E-state index in [0.29, 0.717) is 11.7 Å². The van der Waals surface area contributed by atoms with Gasteiger partial charge >= 0.3 is 0 Å². The second kappa shape index (κ2) is 4.40. The average molecular weight is 228 g/mol. The molecule has 1 fully saturated rings. The SMILES string of the molecule is CC1CCC(Nc2cccc(Cl)c2F)C1. The lowest BCUT2D eigenvalue weighted by molar-refractivity contribution is 0.597. The van der Waals surface area contributed by atoms with Crippen molar-refractivity contribution in [2.45, 2.75) is 32.2 Å². The van der Waals surface area contributed by atoms with E-state index in [9.17, 15) is 4.39 Å². The smallest absolute Gasteiger partial charge is 0.164 e. The van der Waals surface area contributed by atoms with Crippen molar-refractivity contribution in [3.63, 3.8) is 0 Å². The van der Waals surface area contributed by atoms with Crippen LogP contribution in [0.15, 0.2) is 18.2 Å². The lowest BCUT2D eigenvalue weighted by Crippen LogP contribution is -2.16. The molecule has 0 aromatic heterocycles. The minimum Gasteiger partial charge on any atom is -0.380 e. The summed E-state index contributed by atoms with van der Waals surface area (Å²) in [6.45, 7) is 2.23. The monoisotopic (exact) mass is 227 g/mol. The van der Waals surface area contributed by atoms with Crippen LogP contribution in [-0.4, -0.2) is 6.04 Å². The summed E-state index contributed by atoms with van der Waals surface area (Å²) in [7, 11) is 0. The summed E-state index contributed by atoms with van der Waals surface area (Å²) in [6, 6.07) is 5.48. The van der Waals surface area contributed by atoms with Crippen molar-refractivity contribution in [2.24, 2.45) is 5.92 Å². The zero-order valence-electron chi connectivity index (χ0n) is 8.76. The highest BCUT2D eigenvalue weighted by Crippen LogP contribution is 2.29. The lowest BCUT2D eigenvalue weighted by Gasteiger charge is -2.14. The van der Waals surface area contributed by atoms with E-state index < -0.39 is 0 Å². The fraction of sp³-hybridized carbons (Fsp3) is 0.500. The van der Waals surface area contributed by atoms with Gasteiger partial charge in [-0.25, -0.2) is 4.39 Å². The Morgan fingerprint density at radius 1 is 1.40 bits per heavy atom. The third-order valence-electron chi connectivity index (χ3n) is 3.01. The average Bonchev–Trinajstić information content (AvgIpc) is 2.59. The first kappa shape index (κ1) is 10.7. The van der Waals surface area contributed by atoms with E-state index >= 15 is 0 Å². The molecule has 2 unspecified atom stereocenters. The maximum absolute atomic E-state index is 13.6. The Labute approximate surface area is 94.6 Å². The summed E-state index contributed by atoms with van der Waals surface area (Å²) in [6.07, 6.45) is 3.46. The van der Waals surface area contributed by atoms with E-state index in [-0.39, 0.29) is 10.8 Å². The molecule has 0 amide bonds. The summed E-state index contributed by atoms with van der Waals surface area (Å²) in [5.74, 6) is 0.406. The molecule has 15 heavy (non-hydrogen) atoms. The molecule has 1 aliphatic rings. The Bertz CT molecular complexity index is 353. The van der Waals surface area contributed by atoms with Crippen molar-refractivity contribution in [3.8, 4) is 0 Å². The van der Waals surface area contributed by atoms with E-state index in [2.05, 4.69) is 12.2 Å². The molecule has 82 valence electrons. The fourth-order valence-corrected chi connectivity index (χ4v) is 2.35. The zero-order valence-corrected chi connectivity index (χ0v) is 9.52. The van der Waals surface area contributed by atoms with Gasteiger partial charge in [0.05, 0.1) is 10.7 Å². The minimum atomic E-state index is -0.335. The summed E-state index contributed by atoms with van der Waals surface area (Å²) in [5, 5.41) is 3.41. The molecule has 1 N–H and O–H groups in total. The van der Waals surface area contributed by atoms with Crippen LogP contribution in [0.3, 0.4) is 0 Å². The molecule has 3 heteroatoms. The number of benzene rings is 1. The molecule has 1 aromatic rings. The van der Waals surface area contributed by atoms with E-state index in [4.69, 9.17) is 11.6 Å². The van der Waals surface area contributed by atoms with Crippen molar-refractivity contribution in [1.29, 1.82) is 0 Å². The number of hydrogen-bond donors (Lipinski definition) is 1. The topological polar surface area (TPSA) is 12.0 Å². The normalized spacial score (nSPS) is 25.5. The standard InChI is InChI=1S/C12H15ClFN/c1-8-5-6-9(7-8)15-11-4-2-3-10(13)12(11)14/h2-4,8-9,15H,5-7H2,1H3. The first-order valence-electron chi connectivity index (χ1n) is 5.37.